The second-order valence-corrected chi connectivity index (χ2v) is 6.89. The van der Waals surface area contributed by atoms with Crippen molar-refractivity contribution in [1.29, 1.82) is 0 Å². The highest BCUT2D eigenvalue weighted by atomic mass is 32.2. The number of hydrogen-bond acceptors (Lipinski definition) is 4. The lowest BCUT2D eigenvalue weighted by Gasteiger charge is -2.13. The minimum Gasteiger partial charge on any atom is -0.302 e. The summed E-state index contributed by atoms with van der Waals surface area (Å²) in [6.45, 7) is 9.57. The molecule has 128 valence electrons. The summed E-state index contributed by atoms with van der Waals surface area (Å²) in [5.74, 6) is -0.377. The number of amides is 2. The number of carbonyl (C=O) groups is 3. The third-order valence-corrected chi connectivity index (χ3v) is 4.34. The predicted molar refractivity (Wildman–Crippen MR) is 97.7 cm³/mol. The third kappa shape index (κ3) is 6.57. The first-order valence-electron chi connectivity index (χ1n) is 7.75. The number of para-hydroxylation sites is 1. The van der Waals surface area contributed by atoms with Gasteiger partial charge in [-0.15, -0.1) is 0 Å². The fourth-order valence-corrected chi connectivity index (χ4v) is 1.78. The Hall–Kier alpha value is -1.62. The molecule has 0 saturated carbocycles. The lowest BCUT2D eigenvalue weighted by atomic mass is 10.1. The lowest BCUT2D eigenvalue weighted by molar-refractivity contribution is -0.122. The van der Waals surface area contributed by atoms with Gasteiger partial charge in [-0.1, -0.05) is 39.0 Å². The van der Waals surface area contributed by atoms with E-state index in [4.69, 9.17) is 0 Å². The van der Waals surface area contributed by atoms with Crippen molar-refractivity contribution in [3.8, 4) is 0 Å². The monoisotopic (exact) mass is 337 g/mol. The van der Waals surface area contributed by atoms with Crippen molar-refractivity contribution in [2.75, 3.05) is 11.2 Å². The van der Waals surface area contributed by atoms with E-state index < -0.39 is 0 Å². The molecule has 2 amide bonds. The van der Waals surface area contributed by atoms with E-state index >= 15 is 0 Å². The van der Waals surface area contributed by atoms with Gasteiger partial charge in [0, 0.05) is 12.3 Å². The molecule has 1 aromatic carbocycles. The number of anilines is 1. The number of carbonyl (C=O) groups excluding carboxylic acids is 3. The molecule has 1 aliphatic rings. The first kappa shape index (κ1) is 21.4. The van der Waals surface area contributed by atoms with E-state index in [1.54, 1.807) is 30.8 Å². The summed E-state index contributed by atoms with van der Waals surface area (Å²) >= 11 is 1.56. The normalized spacial score (nSPS) is 17.0. The Morgan fingerprint density at radius 1 is 1.17 bits per heavy atom. The third-order valence-electron chi connectivity index (χ3n) is 3.20. The maximum atomic E-state index is 11.6. The fraction of sp³-hybridized carbons (Fsp3) is 0.500. The molecule has 1 saturated heterocycles. The van der Waals surface area contributed by atoms with Gasteiger partial charge in [0.05, 0.1) is 10.4 Å². The number of imide groups is 1. The number of aldehydes is 1. The number of rotatable bonds is 3. The molecule has 23 heavy (non-hydrogen) atoms. The zero-order valence-corrected chi connectivity index (χ0v) is 15.6. The van der Waals surface area contributed by atoms with E-state index in [0.717, 1.165) is 6.29 Å². The highest BCUT2D eigenvalue weighted by Gasteiger charge is 2.36. The number of hydrogen-bond donors (Lipinski definition) is 0. The maximum absolute atomic E-state index is 11.6. The molecular formula is C18H27NO3S. The molecule has 0 radical (unpaired) electrons. The van der Waals surface area contributed by atoms with Gasteiger partial charge >= 0.3 is 0 Å². The highest BCUT2D eigenvalue weighted by molar-refractivity contribution is 8.00. The molecule has 0 aliphatic carbocycles. The van der Waals surface area contributed by atoms with Gasteiger partial charge in [0.15, 0.2) is 0 Å². The number of nitrogens with zero attached hydrogens (tertiary/aromatic N) is 1. The molecule has 0 N–H and O–H groups in total. The van der Waals surface area contributed by atoms with Crippen molar-refractivity contribution in [2.24, 2.45) is 5.92 Å². The molecular weight excluding hydrogens is 310 g/mol. The fourth-order valence-electron chi connectivity index (χ4n) is 1.68. The summed E-state index contributed by atoms with van der Waals surface area (Å²) in [5.41, 5.74) is 0.673. The minimum atomic E-state index is -0.181. The van der Waals surface area contributed by atoms with Gasteiger partial charge in [0.25, 0.3) is 0 Å². The van der Waals surface area contributed by atoms with Crippen LogP contribution in [0, 0.1) is 5.92 Å². The molecule has 2 rings (SSSR count). The molecule has 1 fully saturated rings. The van der Waals surface area contributed by atoms with Crippen LogP contribution >= 0.6 is 11.8 Å². The van der Waals surface area contributed by atoms with E-state index in [2.05, 4.69) is 0 Å². The Morgan fingerprint density at radius 2 is 1.70 bits per heavy atom. The predicted octanol–water partition coefficient (Wildman–Crippen LogP) is 3.94. The van der Waals surface area contributed by atoms with Crippen molar-refractivity contribution < 1.29 is 14.4 Å². The number of thioether (sulfide) groups is 1. The van der Waals surface area contributed by atoms with Crippen molar-refractivity contribution in [3.05, 3.63) is 30.3 Å². The molecule has 1 atom stereocenters. The van der Waals surface area contributed by atoms with E-state index in [1.807, 2.05) is 52.1 Å². The number of benzene rings is 1. The van der Waals surface area contributed by atoms with Gasteiger partial charge in [-0.05, 0) is 32.2 Å². The quantitative estimate of drug-likeness (QED) is 0.619. The van der Waals surface area contributed by atoms with E-state index in [9.17, 15) is 14.4 Å². The van der Waals surface area contributed by atoms with Crippen LogP contribution in [0.25, 0.3) is 0 Å². The zero-order valence-electron chi connectivity index (χ0n) is 14.8. The van der Waals surface area contributed by atoms with Crippen LogP contribution in [0.4, 0.5) is 5.69 Å². The minimum absolute atomic E-state index is 0.0961. The van der Waals surface area contributed by atoms with Gasteiger partial charge in [-0.2, -0.15) is 11.8 Å². The van der Waals surface area contributed by atoms with Crippen molar-refractivity contribution in [2.45, 2.75) is 45.8 Å². The summed E-state index contributed by atoms with van der Waals surface area (Å²) in [5, 5.41) is 0. The van der Waals surface area contributed by atoms with Crippen LogP contribution < -0.4 is 4.90 Å². The summed E-state index contributed by atoms with van der Waals surface area (Å²) in [7, 11) is 0. The first-order valence-corrected chi connectivity index (χ1v) is 8.98. The van der Waals surface area contributed by atoms with Crippen LogP contribution in [-0.4, -0.2) is 29.1 Å². The first-order chi connectivity index (χ1) is 10.8. The topological polar surface area (TPSA) is 54.5 Å². The van der Waals surface area contributed by atoms with Crippen LogP contribution in [0.1, 0.15) is 41.0 Å². The van der Waals surface area contributed by atoms with Crippen molar-refractivity contribution in [1.82, 2.24) is 0 Å². The van der Waals surface area contributed by atoms with E-state index in [1.165, 1.54) is 4.90 Å². The standard InChI is InChI=1S/C11H11NO2.C5H10OS.C2H6/c1-8-7-10(13)12(11(8)14)9-5-3-2-4-6-9;1-5(2,4-6)7-3;1-2/h2-6,8H,7H2,1H3;4H,1-3H3;1-2H3. The molecule has 1 aromatic rings. The Kier molecular flexibility index (Phi) is 9.49. The van der Waals surface area contributed by atoms with E-state index in [0.29, 0.717) is 12.1 Å². The Morgan fingerprint density at radius 3 is 2.00 bits per heavy atom. The van der Waals surface area contributed by atoms with Crippen molar-refractivity contribution in [3.63, 3.8) is 0 Å². The van der Waals surface area contributed by atoms with Gasteiger partial charge in [-0.3, -0.25) is 14.5 Å². The molecule has 0 spiro atoms. The smallest absolute Gasteiger partial charge is 0.237 e. The average molecular weight is 337 g/mol. The van der Waals surface area contributed by atoms with Gasteiger partial charge < -0.3 is 4.79 Å². The van der Waals surface area contributed by atoms with Gasteiger partial charge in [0.2, 0.25) is 11.8 Å². The van der Waals surface area contributed by atoms with Crippen LogP contribution in [0.5, 0.6) is 0 Å². The van der Waals surface area contributed by atoms with E-state index in [-0.39, 0.29) is 22.5 Å². The molecule has 0 aromatic heterocycles. The highest BCUT2D eigenvalue weighted by Crippen LogP contribution is 2.25. The Bertz CT molecular complexity index is 514. The summed E-state index contributed by atoms with van der Waals surface area (Å²) in [6, 6.07) is 9.04. The maximum Gasteiger partial charge on any atom is 0.237 e. The lowest BCUT2D eigenvalue weighted by Crippen LogP contribution is -2.29. The van der Waals surface area contributed by atoms with Crippen LogP contribution in [0.15, 0.2) is 30.3 Å². The largest absolute Gasteiger partial charge is 0.302 e. The molecule has 1 heterocycles. The second kappa shape index (κ2) is 10.2. The van der Waals surface area contributed by atoms with Gasteiger partial charge in [0.1, 0.15) is 6.29 Å². The molecule has 0 bridgehead atoms. The Labute approximate surface area is 143 Å². The van der Waals surface area contributed by atoms with Crippen LogP contribution in [0.3, 0.4) is 0 Å². The zero-order chi connectivity index (χ0) is 18.0. The Balaban J connectivity index is 0.000000460. The van der Waals surface area contributed by atoms with Crippen LogP contribution in [0.2, 0.25) is 0 Å². The van der Waals surface area contributed by atoms with Crippen molar-refractivity contribution >= 4 is 35.5 Å². The molecule has 4 nitrogen and oxygen atoms in total. The summed E-state index contributed by atoms with van der Waals surface area (Å²) < 4.78 is -0.181. The molecule has 1 aliphatic heterocycles. The van der Waals surface area contributed by atoms with Crippen LogP contribution in [-0.2, 0) is 14.4 Å². The second-order valence-electron chi connectivity index (χ2n) is 5.43. The average Bonchev–Trinajstić information content (AvgIpc) is 2.83. The molecule has 5 heteroatoms. The summed E-state index contributed by atoms with van der Waals surface area (Å²) in [6.07, 6.45) is 3.21. The molecule has 1 unspecified atom stereocenters. The van der Waals surface area contributed by atoms with Gasteiger partial charge in [-0.25, -0.2) is 0 Å². The summed E-state index contributed by atoms with van der Waals surface area (Å²) in [4.78, 5) is 34.4. The SMILES string of the molecule is CC.CC1CC(=O)N(c2ccccc2)C1=O.CSC(C)(C)C=O.